The number of rotatable bonds is 5. The Balaban J connectivity index is 1.86. The van der Waals surface area contributed by atoms with E-state index in [1.807, 2.05) is 0 Å². The molecule has 1 fully saturated rings. The van der Waals surface area contributed by atoms with Crippen molar-refractivity contribution in [1.82, 2.24) is 10.6 Å². The van der Waals surface area contributed by atoms with E-state index in [4.69, 9.17) is 0 Å². The molecule has 1 aromatic rings. The van der Waals surface area contributed by atoms with Crippen molar-refractivity contribution in [3.05, 3.63) is 20.8 Å². The molecule has 2 rings (SSSR count). The van der Waals surface area contributed by atoms with E-state index in [0.717, 1.165) is 36.3 Å². The van der Waals surface area contributed by atoms with E-state index in [-0.39, 0.29) is 11.3 Å². The molecule has 5 heteroatoms. The molecule has 0 spiro atoms. The van der Waals surface area contributed by atoms with E-state index in [0.29, 0.717) is 5.92 Å². The Hall–Kier alpha value is -0.390. The minimum Gasteiger partial charge on any atom is -0.355 e. The second-order valence-electron chi connectivity index (χ2n) is 5.45. The predicted octanol–water partition coefficient (Wildman–Crippen LogP) is 2.81. The van der Waals surface area contributed by atoms with Crippen LogP contribution in [0.4, 0.5) is 0 Å². The van der Waals surface area contributed by atoms with Crippen molar-refractivity contribution in [1.29, 1.82) is 0 Å². The smallest absolute Gasteiger partial charge is 0.227 e. The summed E-state index contributed by atoms with van der Waals surface area (Å²) in [6.07, 6.45) is 1.85. The molecule has 0 aliphatic carbocycles. The number of amides is 1. The molecule has 19 heavy (non-hydrogen) atoms. The topological polar surface area (TPSA) is 41.1 Å². The fourth-order valence-electron chi connectivity index (χ4n) is 2.62. The number of nitrogens with one attached hydrogen (secondary N) is 2. The molecular weight excluding hydrogens is 324 g/mol. The van der Waals surface area contributed by atoms with Gasteiger partial charge >= 0.3 is 0 Å². The van der Waals surface area contributed by atoms with Crippen molar-refractivity contribution >= 4 is 33.2 Å². The van der Waals surface area contributed by atoms with Crippen molar-refractivity contribution in [2.75, 3.05) is 19.6 Å². The van der Waals surface area contributed by atoms with Gasteiger partial charge in [0.25, 0.3) is 0 Å². The van der Waals surface area contributed by atoms with Gasteiger partial charge in [-0.3, -0.25) is 4.79 Å². The highest BCUT2D eigenvalue weighted by Gasteiger charge is 2.43. The largest absolute Gasteiger partial charge is 0.355 e. The molecule has 0 radical (unpaired) electrons. The first kappa shape index (κ1) is 15.0. The van der Waals surface area contributed by atoms with Crippen LogP contribution in [0.15, 0.2) is 15.9 Å². The van der Waals surface area contributed by atoms with Gasteiger partial charge < -0.3 is 10.6 Å². The summed E-state index contributed by atoms with van der Waals surface area (Å²) >= 11 is 5.19. The van der Waals surface area contributed by atoms with Crippen LogP contribution < -0.4 is 10.6 Å². The Morgan fingerprint density at radius 1 is 1.58 bits per heavy atom. The highest BCUT2D eigenvalue weighted by molar-refractivity contribution is 9.11. The second kappa shape index (κ2) is 6.37. The second-order valence-corrected chi connectivity index (χ2v) is 8.00. The average Bonchev–Trinajstić information content (AvgIpc) is 2.98. The highest BCUT2D eigenvalue weighted by Crippen LogP contribution is 2.34. The van der Waals surface area contributed by atoms with Crippen molar-refractivity contribution < 1.29 is 4.79 Å². The van der Waals surface area contributed by atoms with Crippen LogP contribution in [0.1, 0.15) is 25.1 Å². The fourth-order valence-corrected chi connectivity index (χ4v) is 4.10. The molecule has 2 heterocycles. The third-order valence-corrected chi connectivity index (χ3v) is 5.71. The summed E-state index contributed by atoms with van der Waals surface area (Å²) in [5.74, 6) is 0.585. The van der Waals surface area contributed by atoms with Gasteiger partial charge in [-0.05, 0) is 53.4 Å². The quantitative estimate of drug-likeness (QED) is 0.862. The lowest BCUT2D eigenvalue weighted by atomic mass is 9.75. The van der Waals surface area contributed by atoms with E-state index < -0.39 is 0 Å². The normalized spacial score (nSPS) is 22.9. The van der Waals surface area contributed by atoms with Gasteiger partial charge in [0.2, 0.25) is 5.91 Å². The lowest BCUT2D eigenvalue weighted by molar-refractivity contribution is -0.132. The molecule has 1 saturated heterocycles. The zero-order valence-electron chi connectivity index (χ0n) is 11.5. The average molecular weight is 345 g/mol. The molecular formula is C14H21BrN2OS. The van der Waals surface area contributed by atoms with Crippen LogP contribution in [0.5, 0.6) is 0 Å². The molecule has 106 valence electrons. The molecule has 0 saturated carbocycles. The predicted molar refractivity (Wildman–Crippen MR) is 83.5 cm³/mol. The lowest BCUT2D eigenvalue weighted by Gasteiger charge is -2.31. The summed E-state index contributed by atoms with van der Waals surface area (Å²) in [6.45, 7) is 6.76. The Morgan fingerprint density at radius 2 is 2.37 bits per heavy atom. The molecule has 1 amide bonds. The number of thiophene rings is 1. The van der Waals surface area contributed by atoms with Crippen LogP contribution >= 0.6 is 27.3 Å². The number of hydrogen-bond acceptors (Lipinski definition) is 3. The minimum atomic E-state index is -0.212. The molecule has 1 aliphatic rings. The van der Waals surface area contributed by atoms with Gasteiger partial charge in [0.05, 0.1) is 9.20 Å². The highest BCUT2D eigenvalue weighted by atomic mass is 79.9. The van der Waals surface area contributed by atoms with E-state index >= 15 is 0 Å². The van der Waals surface area contributed by atoms with Gasteiger partial charge in [0, 0.05) is 18.0 Å². The summed E-state index contributed by atoms with van der Waals surface area (Å²) in [5.41, 5.74) is -0.212. The first-order chi connectivity index (χ1) is 9.04. The molecule has 0 aromatic carbocycles. The summed E-state index contributed by atoms with van der Waals surface area (Å²) in [6, 6.07) is 4.16. The van der Waals surface area contributed by atoms with Gasteiger partial charge in [-0.15, -0.1) is 11.3 Å². The van der Waals surface area contributed by atoms with Gasteiger partial charge in [0.1, 0.15) is 0 Å². The SMILES string of the molecule is CC(C)C1(C(=O)NCCc2ccc(Br)s2)CCNC1. The van der Waals surface area contributed by atoms with Crippen LogP contribution in [0.3, 0.4) is 0 Å². The number of carbonyl (C=O) groups is 1. The third-order valence-electron chi connectivity index (χ3n) is 4.03. The van der Waals surface area contributed by atoms with Crippen LogP contribution in [-0.2, 0) is 11.2 Å². The van der Waals surface area contributed by atoms with E-state index in [1.165, 1.54) is 4.88 Å². The summed E-state index contributed by atoms with van der Waals surface area (Å²) in [5, 5.41) is 6.44. The number of hydrogen-bond donors (Lipinski definition) is 2. The van der Waals surface area contributed by atoms with Crippen molar-refractivity contribution in [3.63, 3.8) is 0 Å². The van der Waals surface area contributed by atoms with Crippen LogP contribution in [0.2, 0.25) is 0 Å². The molecule has 1 unspecified atom stereocenters. The summed E-state index contributed by atoms with van der Waals surface area (Å²) in [7, 11) is 0. The Bertz CT molecular complexity index is 438. The maximum absolute atomic E-state index is 12.4. The maximum Gasteiger partial charge on any atom is 0.227 e. The van der Waals surface area contributed by atoms with Crippen LogP contribution in [0, 0.1) is 11.3 Å². The number of carbonyl (C=O) groups excluding carboxylic acids is 1. The van der Waals surface area contributed by atoms with Crippen LogP contribution in [0.25, 0.3) is 0 Å². The van der Waals surface area contributed by atoms with Gasteiger partial charge in [0.15, 0.2) is 0 Å². The van der Waals surface area contributed by atoms with Crippen molar-refractivity contribution in [2.24, 2.45) is 11.3 Å². The Labute approximate surface area is 127 Å². The molecule has 3 nitrogen and oxygen atoms in total. The Kier molecular flexibility index (Phi) is 5.03. The third kappa shape index (κ3) is 3.38. The fraction of sp³-hybridized carbons (Fsp3) is 0.643. The summed E-state index contributed by atoms with van der Waals surface area (Å²) in [4.78, 5) is 13.7. The van der Waals surface area contributed by atoms with E-state index in [2.05, 4.69) is 52.5 Å². The first-order valence-corrected chi connectivity index (χ1v) is 8.39. The van der Waals surface area contributed by atoms with E-state index in [1.54, 1.807) is 11.3 Å². The molecule has 2 N–H and O–H groups in total. The van der Waals surface area contributed by atoms with Gasteiger partial charge in [-0.2, -0.15) is 0 Å². The van der Waals surface area contributed by atoms with Crippen LogP contribution in [-0.4, -0.2) is 25.5 Å². The van der Waals surface area contributed by atoms with Crippen molar-refractivity contribution in [3.8, 4) is 0 Å². The molecule has 1 aromatic heterocycles. The monoisotopic (exact) mass is 344 g/mol. The zero-order chi connectivity index (χ0) is 13.9. The minimum absolute atomic E-state index is 0.211. The van der Waals surface area contributed by atoms with E-state index in [9.17, 15) is 4.79 Å². The molecule has 1 atom stereocenters. The van der Waals surface area contributed by atoms with Crippen molar-refractivity contribution in [2.45, 2.75) is 26.7 Å². The first-order valence-electron chi connectivity index (χ1n) is 6.78. The molecule has 1 aliphatic heterocycles. The van der Waals surface area contributed by atoms with Gasteiger partial charge in [-0.25, -0.2) is 0 Å². The standard InChI is InChI=1S/C14H21BrN2OS/c1-10(2)14(6-8-16-9-14)13(18)17-7-5-11-3-4-12(15)19-11/h3-4,10,16H,5-9H2,1-2H3,(H,17,18). The lowest BCUT2D eigenvalue weighted by Crippen LogP contribution is -2.46. The van der Waals surface area contributed by atoms with Gasteiger partial charge in [-0.1, -0.05) is 13.8 Å². The maximum atomic E-state index is 12.4. The molecule has 0 bridgehead atoms. The summed E-state index contributed by atoms with van der Waals surface area (Å²) < 4.78 is 1.15. The Morgan fingerprint density at radius 3 is 2.89 bits per heavy atom. The number of halogens is 1. The zero-order valence-corrected chi connectivity index (χ0v) is 13.9.